The van der Waals surface area contributed by atoms with E-state index in [2.05, 4.69) is 13.8 Å². The minimum Gasteiger partial charge on any atom is -0.393 e. The van der Waals surface area contributed by atoms with Crippen molar-refractivity contribution in [2.45, 2.75) is 90.8 Å². The second kappa shape index (κ2) is 5.46. The van der Waals surface area contributed by atoms with Gasteiger partial charge in [0.05, 0.1) is 12.2 Å². The van der Waals surface area contributed by atoms with E-state index in [1.807, 2.05) is 6.92 Å². The first-order chi connectivity index (χ1) is 10.9. The van der Waals surface area contributed by atoms with E-state index in [1.165, 1.54) is 44.9 Å². The second-order valence-corrected chi connectivity index (χ2v) is 10.1. The van der Waals surface area contributed by atoms with Crippen molar-refractivity contribution >= 4 is 0 Å². The molecule has 4 rings (SSSR count). The van der Waals surface area contributed by atoms with Crippen molar-refractivity contribution in [1.29, 1.82) is 0 Å². The van der Waals surface area contributed by atoms with Gasteiger partial charge in [0.25, 0.3) is 0 Å². The zero-order valence-electron chi connectivity index (χ0n) is 15.3. The molecule has 0 radical (unpaired) electrons. The first-order valence-corrected chi connectivity index (χ1v) is 10.2. The topological polar surface area (TPSA) is 40.5 Å². The van der Waals surface area contributed by atoms with Crippen LogP contribution in [0.4, 0.5) is 0 Å². The van der Waals surface area contributed by atoms with Crippen LogP contribution in [-0.2, 0) is 0 Å². The van der Waals surface area contributed by atoms with E-state index in [1.54, 1.807) is 0 Å². The van der Waals surface area contributed by atoms with Crippen LogP contribution in [0.5, 0.6) is 0 Å². The molecule has 0 unspecified atom stereocenters. The van der Waals surface area contributed by atoms with Crippen LogP contribution in [0.25, 0.3) is 0 Å². The summed E-state index contributed by atoms with van der Waals surface area (Å²) in [4.78, 5) is 0. The monoisotopic (exact) mass is 320 g/mol. The molecule has 0 saturated heterocycles. The highest BCUT2D eigenvalue weighted by molar-refractivity contribution is 5.09. The largest absolute Gasteiger partial charge is 0.393 e. The van der Waals surface area contributed by atoms with Gasteiger partial charge in [-0.2, -0.15) is 0 Å². The normalized spacial score (nSPS) is 57.3. The maximum atomic E-state index is 10.3. The molecule has 2 heteroatoms. The van der Waals surface area contributed by atoms with Gasteiger partial charge < -0.3 is 10.2 Å². The highest BCUT2D eigenvalue weighted by Crippen LogP contribution is 2.67. The Morgan fingerprint density at radius 3 is 2.30 bits per heavy atom. The van der Waals surface area contributed by atoms with Gasteiger partial charge in [-0.15, -0.1) is 0 Å². The van der Waals surface area contributed by atoms with Crippen molar-refractivity contribution in [3.05, 3.63) is 0 Å². The third-order valence-corrected chi connectivity index (χ3v) is 9.29. The molecule has 0 heterocycles. The van der Waals surface area contributed by atoms with Crippen molar-refractivity contribution in [3.8, 4) is 0 Å². The van der Waals surface area contributed by atoms with E-state index >= 15 is 0 Å². The Labute approximate surface area is 142 Å². The summed E-state index contributed by atoms with van der Waals surface area (Å²) in [5.74, 6) is 3.87. The van der Waals surface area contributed by atoms with Gasteiger partial charge in [-0.3, -0.25) is 0 Å². The lowest BCUT2D eigenvalue weighted by Gasteiger charge is -2.61. The summed E-state index contributed by atoms with van der Waals surface area (Å²) in [5.41, 5.74) is 0.860. The van der Waals surface area contributed by atoms with Gasteiger partial charge in [0.1, 0.15) is 0 Å². The lowest BCUT2D eigenvalue weighted by atomic mass is 9.44. The molecule has 0 aliphatic heterocycles. The smallest absolute Gasteiger partial charge is 0.0545 e. The zero-order valence-corrected chi connectivity index (χ0v) is 15.3. The molecule has 132 valence electrons. The minimum atomic E-state index is -0.140. The Balaban J connectivity index is 1.60. The fourth-order valence-corrected chi connectivity index (χ4v) is 8.07. The fourth-order valence-electron chi connectivity index (χ4n) is 8.07. The molecule has 0 aromatic rings. The fraction of sp³-hybridized carbons (Fsp3) is 1.00. The maximum Gasteiger partial charge on any atom is 0.0545 e. The summed E-state index contributed by atoms with van der Waals surface area (Å²) in [6, 6.07) is 0. The summed E-state index contributed by atoms with van der Waals surface area (Å²) in [7, 11) is 0. The number of aliphatic hydroxyl groups excluding tert-OH is 2. The van der Waals surface area contributed by atoms with Crippen molar-refractivity contribution in [2.75, 3.05) is 0 Å². The Kier molecular flexibility index (Phi) is 3.89. The van der Waals surface area contributed by atoms with E-state index in [9.17, 15) is 10.2 Å². The highest BCUT2D eigenvalue weighted by Gasteiger charge is 2.60. The number of fused-ring (bicyclic) bond motifs is 5. The standard InChI is InChI=1S/C21H36O2/c1-13(22)17-6-7-18-16-5-4-14-12-15(23)8-10-20(14,2)19(16)9-11-21(17,18)3/h13-19,22-23H,4-12H2,1-3H3/t13-,14-,15-,16+,17-,18-,19+,20-,21+/m0/s1. The summed E-state index contributed by atoms with van der Waals surface area (Å²) in [6.07, 6.45) is 11.1. The van der Waals surface area contributed by atoms with Gasteiger partial charge in [-0.1, -0.05) is 13.8 Å². The van der Waals surface area contributed by atoms with Crippen LogP contribution in [0.2, 0.25) is 0 Å². The van der Waals surface area contributed by atoms with Crippen LogP contribution in [0, 0.1) is 40.4 Å². The zero-order chi connectivity index (χ0) is 16.4. The molecule has 4 aliphatic carbocycles. The molecule has 2 N–H and O–H groups in total. The van der Waals surface area contributed by atoms with Crippen molar-refractivity contribution in [2.24, 2.45) is 40.4 Å². The first kappa shape index (κ1) is 16.4. The van der Waals surface area contributed by atoms with E-state index < -0.39 is 0 Å². The summed E-state index contributed by atoms with van der Waals surface area (Å²) in [6.45, 7) is 7.08. The van der Waals surface area contributed by atoms with E-state index in [0.717, 1.165) is 36.5 Å². The highest BCUT2D eigenvalue weighted by atomic mass is 16.3. The maximum absolute atomic E-state index is 10.3. The van der Waals surface area contributed by atoms with E-state index in [0.29, 0.717) is 16.7 Å². The molecule has 0 aromatic carbocycles. The molecule has 4 saturated carbocycles. The SMILES string of the molecule is C[C@H](O)[C@@H]1CC[C@H]2[C@H]3CC[C@H]4C[C@@H](O)CC[C@]4(C)[C@@H]3CC[C@@]21C. The predicted molar refractivity (Wildman–Crippen MR) is 92.9 cm³/mol. The minimum absolute atomic E-state index is 0.0374. The van der Waals surface area contributed by atoms with Crippen molar-refractivity contribution in [3.63, 3.8) is 0 Å². The molecule has 2 nitrogen and oxygen atoms in total. The summed E-state index contributed by atoms with van der Waals surface area (Å²) in [5, 5.41) is 20.4. The molecule has 9 atom stereocenters. The molecule has 4 fully saturated rings. The third kappa shape index (κ3) is 2.27. The Morgan fingerprint density at radius 1 is 0.870 bits per heavy atom. The van der Waals surface area contributed by atoms with E-state index in [4.69, 9.17) is 0 Å². The molecule has 23 heavy (non-hydrogen) atoms. The number of hydrogen-bond donors (Lipinski definition) is 2. The number of rotatable bonds is 1. The molecule has 0 spiro atoms. The molecule has 0 aromatic heterocycles. The average molecular weight is 321 g/mol. The van der Waals surface area contributed by atoms with Crippen LogP contribution in [0.1, 0.15) is 78.6 Å². The van der Waals surface area contributed by atoms with Crippen LogP contribution in [-0.4, -0.2) is 22.4 Å². The lowest BCUT2D eigenvalue weighted by Crippen LogP contribution is -2.54. The van der Waals surface area contributed by atoms with Gasteiger partial charge in [-0.25, -0.2) is 0 Å². The van der Waals surface area contributed by atoms with Gasteiger partial charge in [0, 0.05) is 0 Å². The number of hydrogen-bond acceptors (Lipinski definition) is 2. The molecular weight excluding hydrogens is 284 g/mol. The Morgan fingerprint density at radius 2 is 1.57 bits per heavy atom. The van der Waals surface area contributed by atoms with Crippen molar-refractivity contribution < 1.29 is 10.2 Å². The number of aliphatic hydroxyl groups is 2. The Bertz CT molecular complexity index is 461. The molecule has 0 bridgehead atoms. The first-order valence-electron chi connectivity index (χ1n) is 10.2. The predicted octanol–water partition coefficient (Wildman–Crippen LogP) is 4.39. The Hall–Kier alpha value is -0.0800. The lowest BCUT2D eigenvalue weighted by molar-refractivity contribution is -0.132. The summed E-state index contributed by atoms with van der Waals surface area (Å²) >= 11 is 0. The van der Waals surface area contributed by atoms with Crippen LogP contribution >= 0.6 is 0 Å². The quantitative estimate of drug-likeness (QED) is 0.752. The molecule has 4 aliphatic rings. The van der Waals surface area contributed by atoms with Gasteiger partial charge in [0.2, 0.25) is 0 Å². The summed E-state index contributed by atoms with van der Waals surface area (Å²) < 4.78 is 0. The average Bonchev–Trinajstić information content (AvgIpc) is 2.85. The third-order valence-electron chi connectivity index (χ3n) is 9.29. The molecule has 0 amide bonds. The van der Waals surface area contributed by atoms with Gasteiger partial charge in [0.15, 0.2) is 0 Å². The van der Waals surface area contributed by atoms with Crippen LogP contribution in [0.15, 0.2) is 0 Å². The van der Waals surface area contributed by atoms with Crippen molar-refractivity contribution in [1.82, 2.24) is 0 Å². The van der Waals surface area contributed by atoms with Gasteiger partial charge in [-0.05, 0) is 105 Å². The molecular formula is C21H36O2. The van der Waals surface area contributed by atoms with E-state index in [-0.39, 0.29) is 12.2 Å². The second-order valence-electron chi connectivity index (χ2n) is 10.1. The van der Waals surface area contributed by atoms with Crippen LogP contribution < -0.4 is 0 Å². The van der Waals surface area contributed by atoms with Crippen LogP contribution in [0.3, 0.4) is 0 Å². The van der Waals surface area contributed by atoms with Gasteiger partial charge >= 0.3 is 0 Å².